The van der Waals surface area contributed by atoms with Gasteiger partial charge in [-0.2, -0.15) is 0 Å². The molecule has 0 saturated carbocycles. The fourth-order valence-corrected chi connectivity index (χ4v) is 2.20. The fraction of sp³-hybridized carbons (Fsp3) is 0.273. The molecule has 1 N–H and O–H groups in total. The Morgan fingerprint density at radius 1 is 1.50 bits per heavy atom. The first kappa shape index (κ1) is 10.9. The maximum absolute atomic E-state index is 11.3. The predicted molar refractivity (Wildman–Crippen MR) is 62.8 cm³/mol. The summed E-state index contributed by atoms with van der Waals surface area (Å²) in [6.07, 6.45) is 0.238. The third kappa shape index (κ3) is 2.30. The minimum Gasteiger partial charge on any atom is -0.466 e. The monoisotopic (exact) mass is 237 g/mol. The van der Waals surface area contributed by atoms with E-state index in [-0.39, 0.29) is 17.3 Å². The number of thiazole rings is 1. The van der Waals surface area contributed by atoms with E-state index in [1.54, 1.807) is 6.92 Å². The lowest BCUT2D eigenvalue weighted by Crippen LogP contribution is -2.07. The quantitative estimate of drug-likeness (QED) is 0.826. The van der Waals surface area contributed by atoms with Gasteiger partial charge in [0.25, 0.3) is 0 Å². The molecule has 0 unspecified atom stereocenters. The largest absolute Gasteiger partial charge is 0.466 e. The number of aromatic amines is 1. The van der Waals surface area contributed by atoms with Crippen molar-refractivity contribution in [1.82, 2.24) is 4.98 Å². The molecule has 84 valence electrons. The third-order valence-corrected chi connectivity index (χ3v) is 3.00. The molecular formula is C11H11NO3S. The summed E-state index contributed by atoms with van der Waals surface area (Å²) in [5.41, 5.74) is 1.62. The average Bonchev–Trinajstić information content (AvgIpc) is 2.57. The second-order valence-corrected chi connectivity index (χ2v) is 4.34. The number of fused-ring (bicyclic) bond motifs is 1. The first-order valence-corrected chi connectivity index (χ1v) is 5.78. The molecule has 0 aliphatic rings. The van der Waals surface area contributed by atoms with Crippen LogP contribution in [0.3, 0.4) is 0 Å². The highest BCUT2D eigenvalue weighted by Gasteiger charge is 2.06. The van der Waals surface area contributed by atoms with Crippen molar-refractivity contribution in [2.75, 3.05) is 6.61 Å². The summed E-state index contributed by atoms with van der Waals surface area (Å²) in [7, 11) is 0. The summed E-state index contributed by atoms with van der Waals surface area (Å²) in [5.74, 6) is -0.251. The number of nitrogens with one attached hydrogen (secondary N) is 1. The van der Waals surface area contributed by atoms with E-state index in [0.717, 1.165) is 27.1 Å². The highest BCUT2D eigenvalue weighted by molar-refractivity contribution is 7.16. The zero-order valence-corrected chi connectivity index (χ0v) is 9.60. The molecule has 0 bridgehead atoms. The third-order valence-electron chi connectivity index (χ3n) is 2.14. The van der Waals surface area contributed by atoms with Gasteiger partial charge in [0.1, 0.15) is 0 Å². The molecule has 0 radical (unpaired) electrons. The van der Waals surface area contributed by atoms with Crippen LogP contribution in [0.5, 0.6) is 0 Å². The van der Waals surface area contributed by atoms with Gasteiger partial charge >= 0.3 is 10.8 Å². The van der Waals surface area contributed by atoms with Gasteiger partial charge in [-0.25, -0.2) is 0 Å². The molecule has 2 aromatic rings. The van der Waals surface area contributed by atoms with Gasteiger partial charge < -0.3 is 9.72 Å². The molecule has 1 aromatic heterocycles. The van der Waals surface area contributed by atoms with Gasteiger partial charge in [0.15, 0.2) is 0 Å². The fourth-order valence-electron chi connectivity index (χ4n) is 1.49. The Labute approximate surface area is 95.9 Å². The Hall–Kier alpha value is -1.62. The van der Waals surface area contributed by atoms with Crippen molar-refractivity contribution >= 4 is 27.5 Å². The zero-order chi connectivity index (χ0) is 11.5. The molecule has 2 rings (SSSR count). The normalized spacial score (nSPS) is 10.6. The van der Waals surface area contributed by atoms with Gasteiger partial charge in [0.05, 0.1) is 23.2 Å². The first-order valence-electron chi connectivity index (χ1n) is 4.96. The Balaban J connectivity index is 2.25. The number of rotatable bonds is 3. The minimum atomic E-state index is -0.251. The lowest BCUT2D eigenvalue weighted by atomic mass is 10.1. The molecule has 4 nitrogen and oxygen atoms in total. The Kier molecular flexibility index (Phi) is 3.05. The molecule has 0 aliphatic carbocycles. The van der Waals surface area contributed by atoms with E-state index in [1.165, 1.54) is 0 Å². The predicted octanol–water partition coefficient (Wildman–Crippen LogP) is 1.70. The number of hydrogen-bond acceptors (Lipinski definition) is 4. The van der Waals surface area contributed by atoms with E-state index in [2.05, 4.69) is 4.98 Å². The lowest BCUT2D eigenvalue weighted by Gasteiger charge is -2.01. The van der Waals surface area contributed by atoms with E-state index in [0.29, 0.717) is 6.61 Å². The summed E-state index contributed by atoms with van der Waals surface area (Å²) >= 11 is 1.16. The van der Waals surface area contributed by atoms with Crippen LogP contribution in [-0.4, -0.2) is 17.6 Å². The van der Waals surface area contributed by atoms with Gasteiger partial charge in [-0.05, 0) is 24.6 Å². The maximum atomic E-state index is 11.3. The molecule has 0 spiro atoms. The number of aromatic nitrogens is 1. The van der Waals surface area contributed by atoms with Crippen molar-refractivity contribution in [2.24, 2.45) is 0 Å². The highest BCUT2D eigenvalue weighted by Crippen LogP contribution is 2.16. The number of carbonyl (C=O) groups is 1. The molecule has 0 amide bonds. The molecule has 0 fully saturated rings. The van der Waals surface area contributed by atoms with E-state index in [9.17, 15) is 9.59 Å². The van der Waals surface area contributed by atoms with Crippen LogP contribution >= 0.6 is 11.3 Å². The van der Waals surface area contributed by atoms with Crippen molar-refractivity contribution in [3.05, 3.63) is 33.4 Å². The molecule has 0 aliphatic heterocycles. The summed E-state index contributed by atoms with van der Waals surface area (Å²) < 4.78 is 5.76. The van der Waals surface area contributed by atoms with Crippen molar-refractivity contribution in [1.29, 1.82) is 0 Å². The van der Waals surface area contributed by atoms with Crippen LogP contribution in [-0.2, 0) is 16.0 Å². The van der Waals surface area contributed by atoms with Crippen LogP contribution in [0, 0.1) is 0 Å². The van der Waals surface area contributed by atoms with Crippen LogP contribution in [0.25, 0.3) is 10.2 Å². The Morgan fingerprint density at radius 3 is 3.06 bits per heavy atom. The molecule has 0 saturated heterocycles. The van der Waals surface area contributed by atoms with Crippen LogP contribution in [0.4, 0.5) is 0 Å². The second-order valence-electron chi connectivity index (χ2n) is 3.33. The lowest BCUT2D eigenvalue weighted by molar-refractivity contribution is -0.142. The Morgan fingerprint density at radius 2 is 2.31 bits per heavy atom. The van der Waals surface area contributed by atoms with Gasteiger partial charge in [-0.3, -0.25) is 9.59 Å². The van der Waals surface area contributed by atoms with Crippen LogP contribution in [0.15, 0.2) is 23.0 Å². The standard InChI is InChI=1S/C11H11NO3S/c1-2-15-10(13)6-7-3-4-9-8(5-7)12-11(14)16-9/h3-5H,2,6H2,1H3,(H,12,14). The van der Waals surface area contributed by atoms with Gasteiger partial charge in [0, 0.05) is 0 Å². The second kappa shape index (κ2) is 4.49. The van der Waals surface area contributed by atoms with E-state index >= 15 is 0 Å². The van der Waals surface area contributed by atoms with E-state index < -0.39 is 0 Å². The summed E-state index contributed by atoms with van der Waals surface area (Å²) in [6.45, 7) is 2.16. The van der Waals surface area contributed by atoms with Crippen molar-refractivity contribution in [3.63, 3.8) is 0 Å². The number of carbonyl (C=O) groups excluding carboxylic acids is 1. The molecular weight excluding hydrogens is 226 g/mol. The van der Waals surface area contributed by atoms with Crippen LogP contribution < -0.4 is 4.87 Å². The maximum Gasteiger partial charge on any atom is 0.310 e. The summed E-state index contributed by atoms with van der Waals surface area (Å²) in [5, 5.41) is 0. The SMILES string of the molecule is CCOC(=O)Cc1ccc2sc(=O)[nH]c2c1. The average molecular weight is 237 g/mol. The van der Waals surface area contributed by atoms with E-state index in [4.69, 9.17) is 4.74 Å². The smallest absolute Gasteiger partial charge is 0.310 e. The highest BCUT2D eigenvalue weighted by atomic mass is 32.1. The zero-order valence-electron chi connectivity index (χ0n) is 8.78. The topological polar surface area (TPSA) is 59.2 Å². The van der Waals surface area contributed by atoms with Gasteiger partial charge in [0.2, 0.25) is 0 Å². The van der Waals surface area contributed by atoms with Crippen molar-refractivity contribution in [3.8, 4) is 0 Å². The van der Waals surface area contributed by atoms with Crippen molar-refractivity contribution in [2.45, 2.75) is 13.3 Å². The van der Waals surface area contributed by atoms with Gasteiger partial charge in [-0.1, -0.05) is 17.4 Å². The first-order chi connectivity index (χ1) is 7.69. The van der Waals surface area contributed by atoms with E-state index in [1.807, 2.05) is 18.2 Å². The molecule has 1 aromatic carbocycles. The summed E-state index contributed by atoms with van der Waals surface area (Å²) in [6, 6.07) is 5.49. The number of benzene rings is 1. The molecule has 16 heavy (non-hydrogen) atoms. The number of H-pyrrole nitrogens is 1. The minimum absolute atomic E-state index is 0.0803. The summed E-state index contributed by atoms with van der Waals surface area (Å²) in [4.78, 5) is 25.0. The Bertz CT molecular complexity index is 570. The van der Waals surface area contributed by atoms with Crippen molar-refractivity contribution < 1.29 is 9.53 Å². The van der Waals surface area contributed by atoms with Gasteiger partial charge in [-0.15, -0.1) is 0 Å². The number of esters is 1. The number of hydrogen-bond donors (Lipinski definition) is 1. The molecule has 1 heterocycles. The van der Waals surface area contributed by atoms with Crippen LogP contribution in [0.1, 0.15) is 12.5 Å². The molecule has 5 heteroatoms. The molecule has 0 atom stereocenters. The number of ether oxygens (including phenoxy) is 1. The van der Waals surface area contributed by atoms with Crippen LogP contribution in [0.2, 0.25) is 0 Å².